The molecular formula is C20H17N3O7. The number of carbonyl (C=O) groups excluding carboxylic acids is 2. The Balaban J connectivity index is 2.06. The van der Waals surface area contributed by atoms with Crippen molar-refractivity contribution in [3.05, 3.63) is 59.6 Å². The minimum atomic E-state index is -1.42. The lowest BCUT2D eigenvalue weighted by molar-refractivity contribution is 0.0301. The summed E-state index contributed by atoms with van der Waals surface area (Å²) < 4.78 is 0. The van der Waals surface area contributed by atoms with E-state index in [0.29, 0.717) is 12.8 Å². The first-order chi connectivity index (χ1) is 14.3. The number of aromatic amines is 1. The zero-order valence-electron chi connectivity index (χ0n) is 15.7. The molecule has 0 aromatic carbocycles. The number of hydrogen-bond acceptors (Lipinski definition) is 6. The largest absolute Gasteiger partial charge is 0.478 e. The van der Waals surface area contributed by atoms with Crippen molar-refractivity contribution in [1.29, 1.82) is 0 Å². The van der Waals surface area contributed by atoms with Gasteiger partial charge in [0.15, 0.2) is 0 Å². The van der Waals surface area contributed by atoms with Crippen LogP contribution in [0, 0.1) is 0 Å². The molecule has 2 heterocycles. The number of unbranched alkanes of at least 4 members (excludes halogenated alkanes) is 1. The van der Waals surface area contributed by atoms with Gasteiger partial charge in [0.1, 0.15) is 17.1 Å². The summed E-state index contributed by atoms with van der Waals surface area (Å²) >= 11 is 0. The zero-order chi connectivity index (χ0) is 22.0. The van der Waals surface area contributed by atoms with Gasteiger partial charge in [-0.1, -0.05) is 12.7 Å². The number of carboxylic acids is 2. The summed E-state index contributed by atoms with van der Waals surface area (Å²) in [6, 6.07) is 2.19. The highest BCUT2D eigenvalue weighted by Gasteiger charge is 2.35. The fourth-order valence-corrected chi connectivity index (χ4v) is 2.99. The monoisotopic (exact) mass is 411 g/mol. The molecule has 1 aliphatic rings. The van der Waals surface area contributed by atoms with Gasteiger partial charge in [0.25, 0.3) is 5.91 Å². The van der Waals surface area contributed by atoms with Crippen molar-refractivity contribution in [3.8, 4) is 11.3 Å². The molecular weight excluding hydrogens is 394 g/mol. The topological polar surface area (TPSA) is 159 Å². The van der Waals surface area contributed by atoms with Gasteiger partial charge >= 0.3 is 11.9 Å². The summed E-state index contributed by atoms with van der Waals surface area (Å²) in [7, 11) is 0. The molecule has 4 N–H and O–H groups in total. The average Bonchev–Trinajstić information content (AvgIpc) is 3.16. The summed E-state index contributed by atoms with van der Waals surface area (Å²) in [5, 5.41) is 18.9. The normalized spacial score (nSPS) is 12.1. The van der Waals surface area contributed by atoms with Crippen molar-refractivity contribution >= 4 is 29.2 Å². The number of hydroxylamine groups is 1. The molecule has 154 valence electrons. The van der Waals surface area contributed by atoms with E-state index in [9.17, 15) is 29.4 Å². The molecule has 30 heavy (non-hydrogen) atoms. The maximum absolute atomic E-state index is 12.8. The van der Waals surface area contributed by atoms with E-state index in [1.54, 1.807) is 6.08 Å². The molecule has 1 amide bonds. The van der Waals surface area contributed by atoms with Gasteiger partial charge in [0.05, 0.1) is 17.9 Å². The zero-order valence-corrected chi connectivity index (χ0v) is 15.7. The van der Waals surface area contributed by atoms with Crippen LogP contribution >= 0.6 is 0 Å². The lowest BCUT2D eigenvalue weighted by Crippen LogP contribution is -2.27. The smallest absolute Gasteiger partial charge is 0.352 e. The van der Waals surface area contributed by atoms with Crippen molar-refractivity contribution in [2.24, 2.45) is 0 Å². The van der Waals surface area contributed by atoms with E-state index >= 15 is 0 Å². The highest BCUT2D eigenvalue weighted by Crippen LogP contribution is 2.40. The van der Waals surface area contributed by atoms with Gasteiger partial charge in [-0.2, -0.15) is 0 Å². The Morgan fingerprint density at radius 3 is 2.60 bits per heavy atom. The summed E-state index contributed by atoms with van der Waals surface area (Å²) in [4.78, 5) is 59.9. The van der Waals surface area contributed by atoms with Gasteiger partial charge in [-0.15, -0.1) is 6.58 Å². The summed E-state index contributed by atoms with van der Waals surface area (Å²) in [6.45, 7) is 7.42. The van der Waals surface area contributed by atoms with Crippen LogP contribution in [0.1, 0.15) is 60.2 Å². The molecule has 3 rings (SSSR count). The van der Waals surface area contributed by atoms with Gasteiger partial charge in [-0.05, 0) is 25.0 Å². The number of Topliss-reactive ketones (excluding diaryl/α,β-unsaturated/α-hetero) is 1. The summed E-state index contributed by atoms with van der Waals surface area (Å²) in [5.74, 6) is -4.26. The van der Waals surface area contributed by atoms with Gasteiger partial charge in [0.2, 0.25) is 5.78 Å². The molecule has 0 spiro atoms. The van der Waals surface area contributed by atoms with E-state index in [1.807, 2.05) is 0 Å². The quantitative estimate of drug-likeness (QED) is 0.223. The second kappa shape index (κ2) is 8.13. The molecule has 0 saturated heterocycles. The van der Waals surface area contributed by atoms with Crippen LogP contribution in [-0.2, 0) is 4.84 Å². The molecule has 10 heteroatoms. The number of carboxylic acid groups (broad SMARTS) is 2. The third-order valence-electron chi connectivity index (χ3n) is 4.41. The number of H-pyrrole nitrogens is 1. The maximum atomic E-state index is 12.8. The van der Waals surface area contributed by atoms with Gasteiger partial charge in [-0.25, -0.2) is 20.1 Å². The number of aromatic nitrogens is 2. The Labute approximate surface area is 169 Å². The molecule has 0 atom stereocenters. The number of carbonyl (C=O) groups is 4. The molecule has 10 nitrogen and oxygen atoms in total. The van der Waals surface area contributed by atoms with E-state index in [-0.39, 0.29) is 46.1 Å². The molecule has 0 aliphatic heterocycles. The minimum absolute atomic E-state index is 0.0664. The van der Waals surface area contributed by atoms with Crippen molar-refractivity contribution in [3.63, 3.8) is 0 Å². The van der Waals surface area contributed by atoms with Crippen LogP contribution in [-0.4, -0.2) is 50.4 Å². The average molecular weight is 411 g/mol. The first-order valence-electron chi connectivity index (χ1n) is 8.78. The maximum Gasteiger partial charge on any atom is 0.352 e. The Hall–Kier alpha value is -4.05. The number of fused-ring (bicyclic) bond motifs is 3. The van der Waals surface area contributed by atoms with E-state index < -0.39 is 29.2 Å². The predicted molar refractivity (Wildman–Crippen MR) is 104 cm³/mol. The van der Waals surface area contributed by atoms with Gasteiger partial charge in [0, 0.05) is 16.7 Å². The van der Waals surface area contributed by atoms with Crippen molar-refractivity contribution in [2.75, 3.05) is 6.61 Å². The van der Waals surface area contributed by atoms with Crippen LogP contribution in [0.2, 0.25) is 0 Å². The van der Waals surface area contributed by atoms with Gasteiger partial charge in [-0.3, -0.25) is 14.4 Å². The number of nitrogens with one attached hydrogen (secondary N) is 2. The number of amides is 1. The predicted octanol–water partition coefficient (Wildman–Crippen LogP) is 2.31. The lowest BCUT2D eigenvalue weighted by Gasteiger charge is -2.19. The molecule has 0 unspecified atom stereocenters. The van der Waals surface area contributed by atoms with Crippen LogP contribution in [0.3, 0.4) is 0 Å². The first-order valence-corrected chi connectivity index (χ1v) is 8.78. The van der Waals surface area contributed by atoms with Crippen LogP contribution in [0.4, 0.5) is 0 Å². The number of ketones is 1. The van der Waals surface area contributed by atoms with E-state index in [1.165, 1.54) is 6.07 Å². The Morgan fingerprint density at radius 2 is 1.97 bits per heavy atom. The third-order valence-corrected chi connectivity index (χ3v) is 4.41. The van der Waals surface area contributed by atoms with Crippen molar-refractivity contribution in [1.82, 2.24) is 15.4 Å². The summed E-state index contributed by atoms with van der Waals surface area (Å²) in [5.41, 5.74) is 0.933. The number of nitrogens with zero attached hydrogens (tertiary/aromatic N) is 1. The molecule has 0 radical (unpaired) electrons. The number of aromatic carboxylic acids is 2. The highest BCUT2D eigenvalue weighted by molar-refractivity contribution is 6.34. The van der Waals surface area contributed by atoms with Crippen molar-refractivity contribution < 1.29 is 34.2 Å². The second-order valence-corrected chi connectivity index (χ2v) is 6.38. The summed E-state index contributed by atoms with van der Waals surface area (Å²) in [6.07, 6.45) is 2.99. The van der Waals surface area contributed by atoms with Crippen LogP contribution in [0.25, 0.3) is 16.8 Å². The number of pyridine rings is 1. The molecule has 0 bridgehead atoms. The van der Waals surface area contributed by atoms with Gasteiger partial charge < -0.3 is 15.2 Å². The molecule has 1 aliphatic carbocycles. The van der Waals surface area contributed by atoms with E-state index in [0.717, 1.165) is 6.07 Å². The Kier molecular flexibility index (Phi) is 5.61. The SMILES string of the molecule is C=CCCCONC(=O)c1cc(C(=O)O)c2c(n1)C(=O)C(=C)c1cc(C(=O)O)[nH]c1-2. The van der Waals surface area contributed by atoms with Crippen LogP contribution < -0.4 is 5.48 Å². The highest BCUT2D eigenvalue weighted by atomic mass is 16.6. The fraction of sp³-hybridized carbons (Fsp3) is 0.150. The third kappa shape index (κ3) is 3.63. The Morgan fingerprint density at radius 1 is 1.23 bits per heavy atom. The van der Waals surface area contributed by atoms with Crippen LogP contribution in [0.15, 0.2) is 31.4 Å². The molecule has 0 saturated carbocycles. The standard InChI is InChI=1S/C20H17N3O7/c1-3-4-5-6-30-23-18(25)12-8-11(19(26)27)14-15-10(7-13(22-15)20(28)29)9(2)17(24)16(14)21-12/h3,7-8,22H,1-2,4-6H2,(H,23,25)(H,26,27)(H,28,29). The Bertz CT molecular complexity index is 1110. The van der Waals surface area contributed by atoms with E-state index in [4.69, 9.17) is 4.84 Å². The van der Waals surface area contributed by atoms with E-state index in [2.05, 4.69) is 28.6 Å². The first kappa shape index (κ1) is 20.7. The number of rotatable bonds is 8. The fourth-order valence-electron chi connectivity index (χ4n) is 2.99. The number of hydrogen-bond donors (Lipinski definition) is 4. The van der Waals surface area contributed by atoms with Crippen LogP contribution in [0.5, 0.6) is 0 Å². The van der Waals surface area contributed by atoms with Crippen molar-refractivity contribution in [2.45, 2.75) is 12.8 Å². The molecule has 2 aromatic heterocycles. The molecule has 2 aromatic rings. The number of allylic oxidation sites excluding steroid dienone is 2. The molecule has 0 fully saturated rings. The second-order valence-electron chi connectivity index (χ2n) is 6.38. The lowest BCUT2D eigenvalue weighted by atomic mass is 9.86. The minimum Gasteiger partial charge on any atom is -0.478 e.